The number of aliphatic imine (C=N–C) groups is 1. The minimum absolute atomic E-state index is 0.629. The van der Waals surface area contributed by atoms with Crippen molar-refractivity contribution in [3.05, 3.63) is 24.0 Å². The summed E-state index contributed by atoms with van der Waals surface area (Å²) in [6.07, 6.45) is 4.07. The summed E-state index contributed by atoms with van der Waals surface area (Å²) in [5.41, 5.74) is 7.05. The second kappa shape index (κ2) is 5.44. The van der Waals surface area contributed by atoms with Crippen LogP contribution in [0.3, 0.4) is 0 Å². The maximum Gasteiger partial charge on any atom is 0.191 e. The van der Waals surface area contributed by atoms with Crippen LogP contribution in [0.15, 0.2) is 23.5 Å². The number of hydrogen-bond acceptors (Lipinski definition) is 1. The van der Waals surface area contributed by atoms with E-state index < -0.39 is 0 Å². The highest BCUT2D eigenvalue weighted by Crippen LogP contribution is 2.01. The van der Waals surface area contributed by atoms with E-state index in [1.54, 1.807) is 0 Å². The summed E-state index contributed by atoms with van der Waals surface area (Å²) in [5.74, 6) is 0.629. The fourth-order valence-corrected chi connectivity index (χ4v) is 1.47. The lowest BCUT2D eigenvalue weighted by Gasteiger charge is -2.19. The molecule has 0 radical (unpaired) electrons. The van der Waals surface area contributed by atoms with Crippen LogP contribution in [0.5, 0.6) is 0 Å². The average Bonchev–Trinajstić information content (AvgIpc) is 2.63. The zero-order valence-corrected chi connectivity index (χ0v) is 9.77. The highest BCUT2D eigenvalue weighted by molar-refractivity contribution is 5.77. The summed E-state index contributed by atoms with van der Waals surface area (Å²) in [6, 6.07) is 2.05. The molecule has 0 saturated carbocycles. The number of rotatable bonds is 4. The predicted molar refractivity (Wildman–Crippen MR) is 63.7 cm³/mol. The normalized spacial score (nSPS) is 11.8. The van der Waals surface area contributed by atoms with Crippen molar-refractivity contribution in [1.29, 1.82) is 0 Å². The van der Waals surface area contributed by atoms with Gasteiger partial charge in [-0.2, -0.15) is 0 Å². The summed E-state index contributed by atoms with van der Waals surface area (Å²) < 4.78 is 2.01. The average molecular weight is 208 g/mol. The summed E-state index contributed by atoms with van der Waals surface area (Å²) >= 11 is 0. The fraction of sp³-hybridized carbons (Fsp3) is 0.545. The Morgan fingerprint density at radius 2 is 2.13 bits per heavy atom. The molecule has 0 bridgehead atoms. The van der Waals surface area contributed by atoms with Crippen LogP contribution < -0.4 is 5.73 Å². The number of nitrogens with two attached hydrogens (primary N) is 1. The lowest BCUT2D eigenvalue weighted by Crippen LogP contribution is -2.36. The molecule has 1 rings (SSSR count). The van der Waals surface area contributed by atoms with Gasteiger partial charge in [0.25, 0.3) is 0 Å². The lowest BCUT2D eigenvalue weighted by atomic mass is 10.3. The van der Waals surface area contributed by atoms with Crippen molar-refractivity contribution in [1.82, 2.24) is 9.47 Å². The quantitative estimate of drug-likeness (QED) is 0.596. The molecule has 0 aromatic carbocycles. The first-order valence-corrected chi connectivity index (χ1v) is 5.33. The predicted octanol–water partition coefficient (Wildman–Crippen LogP) is 1.18. The van der Waals surface area contributed by atoms with Crippen molar-refractivity contribution < 1.29 is 0 Å². The monoisotopic (exact) mass is 208 g/mol. The number of hydrogen-bond donors (Lipinski definition) is 1. The number of nitrogens with zero attached hydrogens (tertiary/aromatic N) is 3. The molecular weight excluding hydrogens is 188 g/mol. The van der Waals surface area contributed by atoms with Crippen LogP contribution >= 0.6 is 0 Å². The molecule has 4 heteroatoms. The third kappa shape index (κ3) is 3.31. The molecule has 0 amide bonds. The van der Waals surface area contributed by atoms with Crippen molar-refractivity contribution >= 4 is 5.96 Å². The van der Waals surface area contributed by atoms with E-state index >= 15 is 0 Å². The molecule has 1 heterocycles. The van der Waals surface area contributed by atoms with E-state index in [0.717, 1.165) is 13.1 Å². The molecule has 1 aromatic rings. The van der Waals surface area contributed by atoms with Gasteiger partial charge in [0.05, 0.1) is 6.54 Å². The number of guanidine groups is 1. The molecule has 0 spiro atoms. The summed E-state index contributed by atoms with van der Waals surface area (Å²) in [7, 11) is 2.00. The smallest absolute Gasteiger partial charge is 0.191 e. The Balaban J connectivity index is 2.56. The van der Waals surface area contributed by atoms with Crippen LogP contribution in [0, 0.1) is 0 Å². The molecule has 0 unspecified atom stereocenters. The fourth-order valence-electron chi connectivity index (χ4n) is 1.47. The maximum atomic E-state index is 5.86. The summed E-state index contributed by atoms with van der Waals surface area (Å²) in [6.45, 7) is 6.62. The Labute approximate surface area is 91.4 Å². The molecule has 0 fully saturated rings. The van der Waals surface area contributed by atoms with Crippen LogP contribution in [0.4, 0.5) is 0 Å². The highest BCUT2D eigenvalue weighted by atomic mass is 15.2. The van der Waals surface area contributed by atoms with Gasteiger partial charge in [0, 0.05) is 32.5 Å². The molecule has 0 aliphatic carbocycles. The van der Waals surface area contributed by atoms with Gasteiger partial charge in [-0.1, -0.05) is 0 Å². The van der Waals surface area contributed by atoms with Gasteiger partial charge in [-0.15, -0.1) is 0 Å². The Hall–Kier alpha value is -1.45. The first kappa shape index (κ1) is 11.6. The third-order valence-corrected chi connectivity index (χ3v) is 2.40. The SMILES string of the molecule is CCN(CC)C(N)=NCc1ccn(C)c1. The minimum atomic E-state index is 0.629. The summed E-state index contributed by atoms with van der Waals surface area (Å²) in [5, 5.41) is 0. The van der Waals surface area contributed by atoms with Gasteiger partial charge in [0.15, 0.2) is 5.96 Å². The van der Waals surface area contributed by atoms with E-state index in [9.17, 15) is 0 Å². The largest absolute Gasteiger partial charge is 0.370 e. The zero-order chi connectivity index (χ0) is 11.3. The highest BCUT2D eigenvalue weighted by Gasteiger charge is 2.01. The van der Waals surface area contributed by atoms with Gasteiger partial charge in [-0.25, -0.2) is 4.99 Å². The molecular formula is C11H20N4. The minimum Gasteiger partial charge on any atom is -0.370 e. The van der Waals surface area contributed by atoms with Gasteiger partial charge in [0.2, 0.25) is 0 Å². The van der Waals surface area contributed by atoms with Crippen LogP contribution in [-0.2, 0) is 13.6 Å². The second-order valence-electron chi connectivity index (χ2n) is 3.53. The molecule has 15 heavy (non-hydrogen) atoms. The zero-order valence-electron chi connectivity index (χ0n) is 9.77. The van der Waals surface area contributed by atoms with Crippen LogP contribution in [0.25, 0.3) is 0 Å². The second-order valence-corrected chi connectivity index (χ2v) is 3.53. The van der Waals surface area contributed by atoms with E-state index in [1.165, 1.54) is 5.56 Å². The van der Waals surface area contributed by atoms with Crippen molar-refractivity contribution in [3.8, 4) is 0 Å². The molecule has 2 N–H and O–H groups in total. The maximum absolute atomic E-state index is 5.86. The Kier molecular flexibility index (Phi) is 4.21. The van der Waals surface area contributed by atoms with Gasteiger partial charge in [-0.3, -0.25) is 0 Å². The topological polar surface area (TPSA) is 46.5 Å². The Morgan fingerprint density at radius 3 is 2.60 bits per heavy atom. The standard InChI is InChI=1S/C11H20N4/c1-4-15(5-2)11(12)13-8-10-6-7-14(3)9-10/h6-7,9H,4-5,8H2,1-3H3,(H2,12,13). The third-order valence-electron chi connectivity index (χ3n) is 2.40. The van der Waals surface area contributed by atoms with Gasteiger partial charge < -0.3 is 15.2 Å². The van der Waals surface area contributed by atoms with Crippen LogP contribution in [0.2, 0.25) is 0 Å². The van der Waals surface area contributed by atoms with Crippen LogP contribution in [0.1, 0.15) is 19.4 Å². The molecule has 0 saturated heterocycles. The van der Waals surface area contributed by atoms with Crippen molar-refractivity contribution in [3.63, 3.8) is 0 Å². The van der Waals surface area contributed by atoms with Crippen molar-refractivity contribution in [2.75, 3.05) is 13.1 Å². The van der Waals surface area contributed by atoms with Crippen molar-refractivity contribution in [2.24, 2.45) is 17.8 Å². The van der Waals surface area contributed by atoms with E-state index in [1.807, 2.05) is 22.7 Å². The van der Waals surface area contributed by atoms with E-state index in [2.05, 4.69) is 31.1 Å². The van der Waals surface area contributed by atoms with Gasteiger partial charge in [0.1, 0.15) is 0 Å². The Bertz CT molecular complexity index is 323. The van der Waals surface area contributed by atoms with Crippen molar-refractivity contribution in [2.45, 2.75) is 20.4 Å². The number of aryl methyl sites for hydroxylation is 1. The first-order valence-electron chi connectivity index (χ1n) is 5.33. The number of aromatic nitrogens is 1. The Morgan fingerprint density at radius 1 is 1.47 bits per heavy atom. The van der Waals surface area contributed by atoms with Gasteiger partial charge in [-0.05, 0) is 25.5 Å². The van der Waals surface area contributed by atoms with Gasteiger partial charge >= 0.3 is 0 Å². The first-order chi connectivity index (χ1) is 7.17. The molecule has 84 valence electrons. The molecule has 1 aromatic heterocycles. The molecule has 0 aliphatic heterocycles. The molecule has 0 atom stereocenters. The lowest BCUT2D eigenvalue weighted by molar-refractivity contribution is 0.458. The van der Waals surface area contributed by atoms with E-state index in [-0.39, 0.29) is 0 Å². The molecule has 4 nitrogen and oxygen atoms in total. The van der Waals surface area contributed by atoms with E-state index in [4.69, 9.17) is 5.73 Å². The molecule has 0 aliphatic rings. The van der Waals surface area contributed by atoms with Crippen LogP contribution in [-0.4, -0.2) is 28.5 Å². The van der Waals surface area contributed by atoms with E-state index in [0.29, 0.717) is 12.5 Å². The summed E-state index contributed by atoms with van der Waals surface area (Å²) in [4.78, 5) is 6.40.